The molecule has 1 atom stereocenters. The molecule has 0 bridgehead atoms. The fraction of sp³-hybridized carbons (Fsp3) is 0.192. The largest absolute Gasteiger partial charge is 0.484 e. The third kappa shape index (κ3) is 4.78. The summed E-state index contributed by atoms with van der Waals surface area (Å²) in [6.07, 6.45) is 0.885. The number of amides is 1. The van der Waals surface area contributed by atoms with E-state index in [0.29, 0.717) is 12.5 Å². The van der Waals surface area contributed by atoms with Crippen LogP contribution in [-0.4, -0.2) is 35.7 Å². The van der Waals surface area contributed by atoms with Crippen LogP contribution in [0.1, 0.15) is 22.9 Å². The number of aromatic nitrogens is 1. The minimum atomic E-state index is -0.506. The van der Waals surface area contributed by atoms with Gasteiger partial charge in [0.05, 0.1) is 6.04 Å². The molecule has 8 heteroatoms. The number of H-pyrrole nitrogens is 1. The van der Waals surface area contributed by atoms with Gasteiger partial charge in [0.2, 0.25) is 0 Å². The third-order valence-corrected chi connectivity index (χ3v) is 6.74. The maximum Gasteiger partial charge on any atom is 0.255 e. The lowest BCUT2D eigenvalue weighted by molar-refractivity contribution is -0.119. The van der Waals surface area contributed by atoms with Gasteiger partial charge < -0.3 is 20.2 Å². The molecule has 1 amide bonds. The highest BCUT2D eigenvalue weighted by molar-refractivity contribution is 9.10. The Kier molecular flexibility index (Phi) is 6.50. The molecule has 1 unspecified atom stereocenters. The van der Waals surface area contributed by atoms with E-state index >= 15 is 0 Å². The van der Waals surface area contributed by atoms with E-state index in [1.54, 1.807) is 0 Å². The van der Waals surface area contributed by atoms with Crippen molar-refractivity contribution in [3.05, 3.63) is 93.0 Å². The Labute approximate surface area is 210 Å². The Morgan fingerprint density at radius 1 is 1.06 bits per heavy atom. The van der Waals surface area contributed by atoms with Gasteiger partial charge in [-0.15, -0.1) is 0 Å². The van der Waals surface area contributed by atoms with Crippen molar-refractivity contribution >= 4 is 44.3 Å². The van der Waals surface area contributed by atoms with Gasteiger partial charge in [0.15, 0.2) is 6.61 Å². The summed E-state index contributed by atoms with van der Waals surface area (Å²) < 4.78 is 12.6. The molecular formula is C26H23BrClN3O3. The van der Waals surface area contributed by atoms with E-state index in [1.807, 2.05) is 66.7 Å². The second-order valence-electron chi connectivity index (χ2n) is 8.22. The molecule has 0 saturated carbocycles. The molecule has 1 aliphatic rings. The van der Waals surface area contributed by atoms with Crippen LogP contribution in [0, 0.1) is 0 Å². The molecule has 2 heterocycles. The zero-order valence-electron chi connectivity index (χ0n) is 18.3. The van der Waals surface area contributed by atoms with Gasteiger partial charge in [-0.05, 0) is 72.1 Å². The smallest absolute Gasteiger partial charge is 0.255 e. The number of halogens is 2. The van der Waals surface area contributed by atoms with Crippen LogP contribution in [-0.2, 0) is 11.2 Å². The topological polar surface area (TPSA) is 80.6 Å². The number of nitrogens with zero attached hydrogens (tertiary/aromatic N) is 1. The van der Waals surface area contributed by atoms with Gasteiger partial charge in [-0.2, -0.15) is 0 Å². The second kappa shape index (κ2) is 9.70. The molecular weight excluding hydrogens is 518 g/mol. The standard InChI is InChI=1S/C26H23BrClN3O3/c27-17-3-8-20(9-4-17)34-15-31-12-11-21-22-13-18(28)5-10-23(22)30-25(21)26(31)16-1-6-19(7-2-16)33-14-24(29)32/h1-10,13,26,30H,11-12,14-15H2,(H2,29,32). The molecule has 1 aliphatic heterocycles. The fourth-order valence-corrected chi connectivity index (χ4v) is 4.85. The highest BCUT2D eigenvalue weighted by Gasteiger charge is 2.32. The molecule has 3 aromatic carbocycles. The first-order chi connectivity index (χ1) is 16.5. The van der Waals surface area contributed by atoms with Crippen LogP contribution in [0.25, 0.3) is 10.9 Å². The molecule has 0 saturated heterocycles. The van der Waals surface area contributed by atoms with Crippen LogP contribution in [0.2, 0.25) is 5.02 Å². The molecule has 0 spiro atoms. The number of hydrogen-bond donors (Lipinski definition) is 2. The number of aromatic amines is 1. The van der Waals surface area contributed by atoms with Crippen LogP contribution in [0.5, 0.6) is 11.5 Å². The van der Waals surface area contributed by atoms with Gasteiger partial charge >= 0.3 is 0 Å². The van der Waals surface area contributed by atoms with Crippen molar-refractivity contribution in [1.82, 2.24) is 9.88 Å². The number of ether oxygens (including phenoxy) is 2. The molecule has 5 rings (SSSR count). The van der Waals surface area contributed by atoms with Gasteiger partial charge in [-0.3, -0.25) is 9.69 Å². The van der Waals surface area contributed by atoms with E-state index < -0.39 is 5.91 Å². The van der Waals surface area contributed by atoms with E-state index in [-0.39, 0.29) is 12.6 Å². The highest BCUT2D eigenvalue weighted by Crippen LogP contribution is 2.39. The maximum atomic E-state index is 11.0. The quantitative estimate of drug-likeness (QED) is 0.327. The van der Waals surface area contributed by atoms with Crippen molar-refractivity contribution in [2.24, 2.45) is 5.73 Å². The third-order valence-electron chi connectivity index (χ3n) is 5.98. The lowest BCUT2D eigenvalue weighted by Crippen LogP contribution is -2.38. The first kappa shape index (κ1) is 22.8. The van der Waals surface area contributed by atoms with E-state index in [1.165, 1.54) is 5.56 Å². The lowest BCUT2D eigenvalue weighted by atomic mass is 9.93. The Hall–Kier alpha value is -3.00. The van der Waals surface area contributed by atoms with E-state index in [9.17, 15) is 4.79 Å². The molecule has 34 heavy (non-hydrogen) atoms. The monoisotopic (exact) mass is 539 g/mol. The number of carbonyl (C=O) groups excluding carboxylic acids is 1. The number of primary amides is 1. The van der Waals surface area contributed by atoms with Crippen molar-refractivity contribution in [2.75, 3.05) is 19.9 Å². The summed E-state index contributed by atoms with van der Waals surface area (Å²) in [6.45, 7) is 1.11. The second-order valence-corrected chi connectivity index (χ2v) is 9.58. The van der Waals surface area contributed by atoms with Crippen LogP contribution < -0.4 is 15.2 Å². The summed E-state index contributed by atoms with van der Waals surface area (Å²) in [7, 11) is 0. The number of benzene rings is 3. The summed E-state index contributed by atoms with van der Waals surface area (Å²) in [5, 5.41) is 1.88. The zero-order chi connectivity index (χ0) is 23.7. The summed E-state index contributed by atoms with van der Waals surface area (Å²) in [5.41, 5.74) is 9.76. The van der Waals surface area contributed by atoms with E-state index in [4.69, 9.17) is 26.8 Å². The molecule has 3 N–H and O–H groups in total. The average Bonchev–Trinajstić information content (AvgIpc) is 3.20. The number of rotatable bonds is 7. The SMILES string of the molecule is NC(=O)COc1ccc(C2c3[nH]c4ccc(Cl)cc4c3CCN2COc2ccc(Br)cc2)cc1. The number of nitrogens with one attached hydrogen (secondary N) is 1. The Bertz CT molecular complexity index is 1320. The first-order valence-corrected chi connectivity index (χ1v) is 12.1. The molecule has 0 fully saturated rings. The number of carbonyl (C=O) groups is 1. The van der Waals surface area contributed by atoms with Gasteiger partial charge in [-0.25, -0.2) is 0 Å². The Morgan fingerprint density at radius 2 is 1.76 bits per heavy atom. The van der Waals surface area contributed by atoms with Crippen LogP contribution >= 0.6 is 27.5 Å². The number of nitrogens with two attached hydrogens (primary N) is 1. The number of fused-ring (bicyclic) bond motifs is 3. The lowest BCUT2D eigenvalue weighted by Gasteiger charge is -2.35. The van der Waals surface area contributed by atoms with Crippen molar-refractivity contribution in [2.45, 2.75) is 12.5 Å². The molecule has 6 nitrogen and oxygen atoms in total. The zero-order valence-corrected chi connectivity index (χ0v) is 20.6. The first-order valence-electron chi connectivity index (χ1n) is 10.9. The molecule has 174 valence electrons. The summed E-state index contributed by atoms with van der Waals surface area (Å²) >= 11 is 9.77. The van der Waals surface area contributed by atoms with Gasteiger partial charge in [0, 0.05) is 32.6 Å². The predicted molar refractivity (Wildman–Crippen MR) is 136 cm³/mol. The van der Waals surface area contributed by atoms with Gasteiger partial charge in [0.1, 0.15) is 18.2 Å². The Balaban J connectivity index is 1.48. The van der Waals surface area contributed by atoms with Crippen molar-refractivity contribution < 1.29 is 14.3 Å². The van der Waals surface area contributed by atoms with Crippen molar-refractivity contribution in [1.29, 1.82) is 0 Å². The fourth-order valence-electron chi connectivity index (χ4n) is 4.42. The number of hydrogen-bond acceptors (Lipinski definition) is 4. The van der Waals surface area contributed by atoms with Crippen LogP contribution in [0.3, 0.4) is 0 Å². The highest BCUT2D eigenvalue weighted by atomic mass is 79.9. The summed E-state index contributed by atoms with van der Waals surface area (Å²) in [5.74, 6) is 0.903. The molecule has 0 aliphatic carbocycles. The maximum absolute atomic E-state index is 11.0. The molecule has 0 radical (unpaired) electrons. The minimum absolute atomic E-state index is 0.0458. The van der Waals surface area contributed by atoms with Gasteiger partial charge in [0.25, 0.3) is 5.91 Å². The molecule has 4 aromatic rings. The average molecular weight is 541 g/mol. The van der Waals surface area contributed by atoms with Gasteiger partial charge in [-0.1, -0.05) is 39.7 Å². The van der Waals surface area contributed by atoms with Crippen LogP contribution in [0.4, 0.5) is 0 Å². The normalized spacial score (nSPS) is 15.8. The predicted octanol–water partition coefficient (Wildman–Crippen LogP) is 5.43. The van der Waals surface area contributed by atoms with Crippen LogP contribution in [0.15, 0.2) is 71.2 Å². The Morgan fingerprint density at radius 3 is 2.50 bits per heavy atom. The summed E-state index contributed by atoms with van der Waals surface area (Å²) in [6, 6.07) is 21.5. The minimum Gasteiger partial charge on any atom is -0.484 e. The van der Waals surface area contributed by atoms with Crippen molar-refractivity contribution in [3.63, 3.8) is 0 Å². The van der Waals surface area contributed by atoms with E-state index in [0.717, 1.165) is 50.4 Å². The summed E-state index contributed by atoms with van der Waals surface area (Å²) in [4.78, 5) is 17.0. The van der Waals surface area contributed by atoms with Crippen molar-refractivity contribution in [3.8, 4) is 11.5 Å². The van der Waals surface area contributed by atoms with E-state index in [2.05, 4.69) is 25.8 Å². The molecule has 1 aromatic heterocycles.